The molecule has 7 heteroatoms. The molecular weight excluding hydrogens is 298 g/mol. The highest BCUT2D eigenvalue weighted by molar-refractivity contribution is 7.11. The predicted molar refractivity (Wildman–Crippen MR) is 82.7 cm³/mol. The second-order valence-corrected chi connectivity index (χ2v) is 6.25. The van der Waals surface area contributed by atoms with Crippen LogP contribution in [0.2, 0.25) is 0 Å². The Morgan fingerprint density at radius 1 is 1.32 bits per heavy atom. The lowest BCUT2D eigenvalue weighted by atomic mass is 9.99. The fourth-order valence-corrected chi connectivity index (χ4v) is 3.52. The third kappa shape index (κ3) is 2.27. The summed E-state index contributed by atoms with van der Waals surface area (Å²) in [6.45, 7) is 0.767. The zero-order valence-corrected chi connectivity index (χ0v) is 12.7. The van der Waals surface area contributed by atoms with Crippen molar-refractivity contribution in [3.8, 4) is 0 Å². The Labute approximate surface area is 131 Å². The number of fused-ring (bicyclic) bond motifs is 1. The summed E-state index contributed by atoms with van der Waals surface area (Å²) < 4.78 is 1.88. The minimum Gasteiger partial charge on any atom is -0.329 e. The number of carbonyl (C=O) groups is 1. The Morgan fingerprint density at radius 2 is 2.27 bits per heavy atom. The summed E-state index contributed by atoms with van der Waals surface area (Å²) in [4.78, 5) is 28.2. The first kappa shape index (κ1) is 13.4. The van der Waals surface area contributed by atoms with E-state index in [1.165, 1.54) is 11.3 Å². The van der Waals surface area contributed by atoms with Crippen LogP contribution in [0.4, 0.5) is 0 Å². The average molecular weight is 313 g/mol. The molecule has 0 radical (unpaired) electrons. The van der Waals surface area contributed by atoms with E-state index >= 15 is 0 Å². The predicted octanol–water partition coefficient (Wildman–Crippen LogP) is 2.55. The second kappa shape index (κ2) is 5.49. The molecule has 0 saturated carbocycles. The van der Waals surface area contributed by atoms with Crippen LogP contribution in [0, 0.1) is 0 Å². The van der Waals surface area contributed by atoms with Gasteiger partial charge in [-0.3, -0.25) is 14.2 Å². The lowest BCUT2D eigenvalue weighted by molar-refractivity contribution is 0.0611. The molecule has 112 valence electrons. The maximum Gasteiger partial charge on any atom is 0.266 e. The van der Waals surface area contributed by atoms with Gasteiger partial charge in [-0.1, -0.05) is 0 Å². The molecule has 0 bridgehead atoms. The van der Waals surface area contributed by atoms with Gasteiger partial charge in [-0.15, -0.1) is 11.3 Å². The van der Waals surface area contributed by atoms with E-state index in [1.807, 2.05) is 27.8 Å². The molecule has 4 rings (SSSR count). The van der Waals surface area contributed by atoms with Crippen molar-refractivity contribution in [2.75, 3.05) is 6.54 Å². The van der Waals surface area contributed by atoms with E-state index in [0.717, 1.165) is 31.5 Å². The average Bonchev–Trinajstić information content (AvgIpc) is 3.24. The maximum atomic E-state index is 12.7. The Morgan fingerprint density at radius 3 is 3.14 bits per heavy atom. The van der Waals surface area contributed by atoms with Crippen LogP contribution in [0.15, 0.2) is 36.4 Å². The first-order chi connectivity index (χ1) is 10.8. The van der Waals surface area contributed by atoms with Gasteiger partial charge >= 0.3 is 0 Å². The highest BCUT2D eigenvalue weighted by Crippen LogP contribution is 2.31. The fourth-order valence-electron chi connectivity index (χ4n) is 2.95. The molecule has 0 aromatic carbocycles. The zero-order valence-electron chi connectivity index (χ0n) is 11.9. The number of amides is 1. The Bertz CT molecular complexity index is 797. The van der Waals surface area contributed by atoms with Gasteiger partial charge in [0.1, 0.15) is 4.88 Å². The summed E-state index contributed by atoms with van der Waals surface area (Å²) in [6.07, 6.45) is 10.3. The lowest BCUT2D eigenvalue weighted by Gasteiger charge is -2.35. The van der Waals surface area contributed by atoms with Gasteiger partial charge in [0.15, 0.2) is 0 Å². The Balaban J connectivity index is 1.69. The lowest BCUT2D eigenvalue weighted by Crippen LogP contribution is -2.38. The van der Waals surface area contributed by atoms with Crippen LogP contribution >= 0.6 is 11.3 Å². The second-order valence-electron chi connectivity index (χ2n) is 5.36. The molecule has 0 spiro atoms. The number of aromatic nitrogens is 4. The maximum absolute atomic E-state index is 12.7. The summed E-state index contributed by atoms with van der Waals surface area (Å²) in [5, 5.41) is 0. The van der Waals surface area contributed by atoms with Crippen LogP contribution in [-0.2, 0) is 0 Å². The molecule has 3 aromatic rings. The number of hydrogen-bond acceptors (Lipinski definition) is 5. The molecule has 1 aliphatic heterocycles. The third-order valence-electron chi connectivity index (χ3n) is 4.03. The summed E-state index contributed by atoms with van der Waals surface area (Å²) >= 11 is 1.39. The van der Waals surface area contributed by atoms with Crippen LogP contribution in [0.5, 0.6) is 0 Å². The monoisotopic (exact) mass is 313 g/mol. The number of imidazole rings is 1. The van der Waals surface area contributed by atoms with Crippen molar-refractivity contribution >= 4 is 23.0 Å². The van der Waals surface area contributed by atoms with Crippen LogP contribution in [-0.4, -0.2) is 36.7 Å². The summed E-state index contributed by atoms with van der Waals surface area (Å²) in [6, 6.07) is 2.00. The minimum atomic E-state index is 0.0186. The molecule has 0 N–H and O–H groups in total. The first-order valence-corrected chi connectivity index (χ1v) is 8.20. The van der Waals surface area contributed by atoms with Crippen LogP contribution in [0.1, 0.15) is 40.7 Å². The smallest absolute Gasteiger partial charge is 0.266 e. The molecule has 3 aromatic heterocycles. The number of piperidine rings is 1. The van der Waals surface area contributed by atoms with Crippen molar-refractivity contribution in [1.29, 1.82) is 0 Å². The molecule has 0 aliphatic carbocycles. The van der Waals surface area contributed by atoms with Gasteiger partial charge in [-0.2, -0.15) is 0 Å². The highest BCUT2D eigenvalue weighted by Gasteiger charge is 2.30. The van der Waals surface area contributed by atoms with Crippen LogP contribution in [0.3, 0.4) is 0 Å². The molecule has 1 saturated heterocycles. The number of hydrogen-bond donors (Lipinski definition) is 0. The van der Waals surface area contributed by atoms with Gasteiger partial charge in [-0.25, -0.2) is 9.97 Å². The topological polar surface area (TPSA) is 63.4 Å². The van der Waals surface area contributed by atoms with E-state index in [1.54, 1.807) is 17.9 Å². The van der Waals surface area contributed by atoms with E-state index < -0.39 is 0 Å². The summed E-state index contributed by atoms with van der Waals surface area (Å²) in [5.74, 6) is 0.727. The van der Waals surface area contributed by atoms with E-state index in [0.29, 0.717) is 10.7 Å². The van der Waals surface area contributed by atoms with Gasteiger partial charge in [0.2, 0.25) is 5.78 Å². The zero-order chi connectivity index (χ0) is 14.9. The van der Waals surface area contributed by atoms with Crippen molar-refractivity contribution in [1.82, 2.24) is 24.3 Å². The van der Waals surface area contributed by atoms with Crippen molar-refractivity contribution in [3.05, 3.63) is 46.9 Å². The van der Waals surface area contributed by atoms with Crippen molar-refractivity contribution < 1.29 is 4.79 Å². The van der Waals surface area contributed by atoms with Gasteiger partial charge < -0.3 is 4.90 Å². The van der Waals surface area contributed by atoms with Gasteiger partial charge in [-0.05, 0) is 25.3 Å². The van der Waals surface area contributed by atoms with Crippen molar-refractivity contribution in [3.63, 3.8) is 0 Å². The van der Waals surface area contributed by atoms with E-state index in [4.69, 9.17) is 0 Å². The molecular formula is C15H15N5OS. The van der Waals surface area contributed by atoms with Gasteiger partial charge in [0.25, 0.3) is 5.91 Å². The standard InChI is InChI=1S/C15H15N5OS/c21-14(13-9-16-10-22-13)20-6-2-1-3-12(20)11-4-7-19-8-5-17-15(19)18-11/h4-5,7-10,12H,1-3,6H2. The number of thiazole rings is 1. The normalized spacial score (nSPS) is 18.7. The Kier molecular flexibility index (Phi) is 3.34. The molecule has 1 unspecified atom stereocenters. The van der Waals surface area contributed by atoms with Crippen molar-refractivity contribution in [2.24, 2.45) is 0 Å². The molecule has 1 atom stereocenters. The molecule has 4 heterocycles. The number of rotatable bonds is 2. The third-order valence-corrected chi connectivity index (χ3v) is 4.79. The molecule has 6 nitrogen and oxygen atoms in total. The van der Waals surface area contributed by atoms with Crippen LogP contribution in [0.25, 0.3) is 5.78 Å². The van der Waals surface area contributed by atoms with Gasteiger partial charge in [0.05, 0.1) is 23.4 Å². The Hall–Kier alpha value is -2.28. The number of carbonyl (C=O) groups excluding carboxylic acids is 1. The summed E-state index contributed by atoms with van der Waals surface area (Å²) in [7, 11) is 0. The van der Waals surface area contributed by atoms with E-state index in [-0.39, 0.29) is 11.9 Å². The first-order valence-electron chi connectivity index (χ1n) is 7.32. The number of likely N-dealkylation sites (tertiary alicyclic amines) is 1. The minimum absolute atomic E-state index is 0.0186. The van der Waals surface area contributed by atoms with E-state index in [2.05, 4.69) is 15.0 Å². The molecule has 1 amide bonds. The molecule has 22 heavy (non-hydrogen) atoms. The number of nitrogens with zero attached hydrogens (tertiary/aromatic N) is 5. The van der Waals surface area contributed by atoms with Crippen LogP contribution < -0.4 is 0 Å². The highest BCUT2D eigenvalue weighted by atomic mass is 32.1. The quantitative estimate of drug-likeness (QED) is 0.729. The van der Waals surface area contributed by atoms with Gasteiger partial charge in [0, 0.05) is 25.1 Å². The largest absolute Gasteiger partial charge is 0.329 e. The van der Waals surface area contributed by atoms with E-state index in [9.17, 15) is 4.79 Å². The molecule has 1 fully saturated rings. The fraction of sp³-hybridized carbons (Fsp3) is 0.333. The summed E-state index contributed by atoms with van der Waals surface area (Å²) in [5.41, 5.74) is 2.61. The SMILES string of the molecule is O=C(c1cncs1)N1CCCCC1c1ccn2ccnc2n1. The molecule has 1 aliphatic rings. The van der Waals surface area contributed by atoms with Crippen molar-refractivity contribution in [2.45, 2.75) is 25.3 Å².